The molecule has 24 N–H and O–H groups in total. The van der Waals surface area contributed by atoms with Gasteiger partial charge in [0.25, 0.3) is 0 Å². The van der Waals surface area contributed by atoms with E-state index in [-0.39, 0.29) is 142 Å². The largest absolute Gasteiger partial charge is 1.00 e. The van der Waals surface area contributed by atoms with Gasteiger partial charge in [-0.3, -0.25) is 0 Å². The zero-order chi connectivity index (χ0) is 9.00. The normalized spacial score (nSPS) is 5.36. The van der Waals surface area contributed by atoms with Crippen LogP contribution in [0.5, 0.6) is 0 Å². The van der Waals surface area contributed by atoms with Gasteiger partial charge in [-0.2, -0.15) is 0 Å². The Hall–Kier alpha value is 2.86. The molecule has 0 saturated carbocycles. The molecule has 0 spiro atoms. The number of rotatable bonds is 0. The second-order valence-electron chi connectivity index (χ2n) is 1.03. The molecule has 0 aliphatic carbocycles. The molecule has 22 heteroatoms. The van der Waals surface area contributed by atoms with E-state index in [1.165, 1.54) is 0 Å². The Morgan fingerprint density at radius 3 is 0.409 bits per heavy atom. The van der Waals surface area contributed by atoms with E-state index in [2.05, 4.69) is 0 Å². The van der Waals surface area contributed by atoms with Crippen LogP contribution in [-0.4, -0.2) is 78.6 Å². The van der Waals surface area contributed by atoms with Gasteiger partial charge < -0.3 is 82.9 Å². The fraction of sp³-hybridized carbons (Fsp3) is 0. The second-order valence-corrected chi connectivity index (χ2v) is 3.08. The first-order valence-electron chi connectivity index (χ1n) is 1.57. The Balaban J connectivity index is -0.00000000213. The van der Waals surface area contributed by atoms with E-state index in [1.54, 1.807) is 0 Å². The van der Waals surface area contributed by atoms with Crippen LogP contribution in [-0.2, 0) is 9.13 Å². The molecule has 142 valence electrons. The van der Waals surface area contributed by atoms with Crippen molar-refractivity contribution in [2.45, 2.75) is 0 Å². The standard InChI is InChI=1S/3Na.2H3O4P.9H2O.3H/c;;;2*1-5(2,3)4;;;;;;;;;;;;/h;;;2*(H3,1,2,3,4);9*1H2;;;/q3*+1;;;;;;;;;;;;3*-1. The third kappa shape index (κ3) is 1340. The second kappa shape index (κ2) is 56.5. The molecule has 22 heavy (non-hydrogen) atoms. The molecule has 0 bridgehead atoms. The first-order chi connectivity index (χ1) is 4.00. The van der Waals surface area contributed by atoms with Gasteiger partial charge in [0, 0.05) is 0 Å². The predicted molar refractivity (Wildman–Crippen MR) is 64.4 cm³/mol. The van der Waals surface area contributed by atoms with Gasteiger partial charge in [-0.05, 0) is 0 Å². The fourth-order valence-electron chi connectivity index (χ4n) is 0. The molecular formula is H27Na3O17P2. The summed E-state index contributed by atoms with van der Waals surface area (Å²) in [6.07, 6.45) is 0. The van der Waals surface area contributed by atoms with E-state index in [0.717, 1.165) is 0 Å². The van der Waals surface area contributed by atoms with Crippen molar-refractivity contribution >= 4 is 15.6 Å². The summed E-state index contributed by atoms with van der Waals surface area (Å²) >= 11 is 0. The van der Waals surface area contributed by atoms with E-state index in [1.807, 2.05) is 0 Å². The molecule has 0 saturated heterocycles. The van der Waals surface area contributed by atoms with Gasteiger partial charge in [-0.1, -0.05) is 0 Å². The maximum Gasteiger partial charge on any atom is 1.00 e. The zero-order valence-corrected chi connectivity index (χ0v) is 19.7. The SMILES string of the molecule is O.O.O.O.O.O.O.O.O.O=P(O)(O)O.O=P(O)(O)O.[H-].[H-].[H-].[Na+].[Na+].[Na+]. The Bertz CT molecular complexity index is 147. The van der Waals surface area contributed by atoms with Crippen LogP contribution in [0, 0.1) is 0 Å². The van der Waals surface area contributed by atoms with Gasteiger partial charge >= 0.3 is 104 Å². The van der Waals surface area contributed by atoms with Crippen LogP contribution >= 0.6 is 15.6 Å². The fourth-order valence-corrected chi connectivity index (χ4v) is 0. The first-order valence-corrected chi connectivity index (χ1v) is 4.70. The average molecular weight is 430 g/mol. The van der Waals surface area contributed by atoms with Crippen molar-refractivity contribution in [1.29, 1.82) is 0 Å². The van der Waals surface area contributed by atoms with Crippen molar-refractivity contribution in [1.82, 2.24) is 0 Å². The zero-order valence-electron chi connectivity index (χ0n) is 14.9. The third-order valence-corrected chi connectivity index (χ3v) is 0. The van der Waals surface area contributed by atoms with Crippen molar-refractivity contribution in [3.63, 3.8) is 0 Å². The predicted octanol–water partition coefficient (Wildman–Crippen LogP) is -17.9. The monoisotopic (exact) mass is 430 g/mol. The first kappa shape index (κ1) is 120. The Kier molecular flexibility index (Phi) is 308. The summed E-state index contributed by atoms with van der Waals surface area (Å²) in [5, 5.41) is 0. The molecule has 0 rings (SSSR count). The average Bonchev–Trinajstić information content (AvgIpc) is 1.12. The van der Waals surface area contributed by atoms with Crippen LogP contribution in [0.2, 0.25) is 0 Å². The number of hydrogen-bond acceptors (Lipinski definition) is 2. The summed E-state index contributed by atoms with van der Waals surface area (Å²) in [5.41, 5.74) is 0. The molecule has 0 heterocycles. The third-order valence-electron chi connectivity index (χ3n) is 0. The molecule has 17 nitrogen and oxygen atoms in total. The van der Waals surface area contributed by atoms with E-state index in [4.69, 9.17) is 38.5 Å². The minimum absolute atomic E-state index is 0. The topological polar surface area (TPSA) is 439 Å². The molecule has 0 aromatic heterocycles. The van der Waals surface area contributed by atoms with Crippen molar-refractivity contribution < 1.29 is 181 Å². The summed E-state index contributed by atoms with van der Waals surface area (Å²) < 4.78 is 17.8. The molecule has 0 aliphatic heterocycles. The van der Waals surface area contributed by atoms with Gasteiger partial charge in [0.05, 0.1) is 0 Å². The van der Waals surface area contributed by atoms with E-state index < -0.39 is 15.6 Å². The number of hydrogen-bond donors (Lipinski definition) is 6. The molecule has 0 aromatic carbocycles. The maximum absolute atomic E-state index is 8.88. The van der Waals surface area contributed by atoms with Crippen LogP contribution < -0.4 is 88.7 Å². The van der Waals surface area contributed by atoms with Crippen molar-refractivity contribution in [3.05, 3.63) is 0 Å². The van der Waals surface area contributed by atoms with E-state index in [9.17, 15) is 0 Å². The molecule has 0 fully saturated rings. The van der Waals surface area contributed by atoms with Crippen molar-refractivity contribution in [2.24, 2.45) is 0 Å². The number of phosphoric acid groups is 2. The summed E-state index contributed by atoms with van der Waals surface area (Å²) in [6.45, 7) is 0. The van der Waals surface area contributed by atoms with Crippen molar-refractivity contribution in [2.75, 3.05) is 0 Å². The van der Waals surface area contributed by atoms with Gasteiger partial charge in [-0.25, -0.2) is 9.13 Å². The van der Waals surface area contributed by atoms with Crippen LogP contribution in [0.1, 0.15) is 4.28 Å². The van der Waals surface area contributed by atoms with Gasteiger partial charge in [0.1, 0.15) is 0 Å². The Morgan fingerprint density at radius 2 is 0.409 bits per heavy atom. The van der Waals surface area contributed by atoms with Crippen LogP contribution in [0.3, 0.4) is 0 Å². The minimum atomic E-state index is -4.64. The molecule has 0 unspecified atom stereocenters. The maximum atomic E-state index is 8.88. The van der Waals surface area contributed by atoms with Gasteiger partial charge in [0.15, 0.2) is 0 Å². The molecule has 0 aliphatic rings. The minimum Gasteiger partial charge on any atom is -1.00 e. The summed E-state index contributed by atoms with van der Waals surface area (Å²) in [5.74, 6) is 0. The van der Waals surface area contributed by atoms with Crippen molar-refractivity contribution in [3.8, 4) is 0 Å². The molecule has 0 atom stereocenters. The molecule has 0 amide bonds. The Labute approximate surface area is 194 Å². The smallest absolute Gasteiger partial charge is 1.00 e. The summed E-state index contributed by atoms with van der Waals surface area (Å²) in [7, 11) is -9.28. The van der Waals surface area contributed by atoms with Crippen LogP contribution in [0.25, 0.3) is 0 Å². The van der Waals surface area contributed by atoms with Crippen LogP contribution in [0.15, 0.2) is 0 Å². The molecule has 0 aromatic rings. The van der Waals surface area contributed by atoms with Gasteiger partial charge in [-0.15, -0.1) is 0 Å². The van der Waals surface area contributed by atoms with E-state index in [0.29, 0.717) is 0 Å². The molecular weight excluding hydrogens is 403 g/mol. The summed E-state index contributed by atoms with van der Waals surface area (Å²) in [4.78, 5) is 43.1. The quantitative estimate of drug-likeness (QED) is 0.158. The molecule has 0 radical (unpaired) electrons. The Morgan fingerprint density at radius 1 is 0.409 bits per heavy atom. The van der Waals surface area contributed by atoms with E-state index >= 15 is 0 Å². The summed E-state index contributed by atoms with van der Waals surface area (Å²) in [6, 6.07) is 0. The van der Waals surface area contributed by atoms with Gasteiger partial charge in [0.2, 0.25) is 0 Å². The van der Waals surface area contributed by atoms with Crippen LogP contribution in [0.4, 0.5) is 0 Å².